The molecule has 3 aromatic rings. The number of benzene rings is 1. The van der Waals surface area contributed by atoms with E-state index in [9.17, 15) is 4.79 Å². The normalized spacial score (nSPS) is 13.5. The molecule has 0 spiro atoms. The van der Waals surface area contributed by atoms with Gasteiger partial charge in [-0.2, -0.15) is 5.10 Å². The highest BCUT2D eigenvalue weighted by Gasteiger charge is 2.17. The summed E-state index contributed by atoms with van der Waals surface area (Å²) < 4.78 is 7.37. The lowest BCUT2D eigenvalue weighted by molar-refractivity contribution is -0.105. The van der Waals surface area contributed by atoms with E-state index < -0.39 is 0 Å². The van der Waals surface area contributed by atoms with Crippen molar-refractivity contribution < 1.29 is 9.53 Å². The van der Waals surface area contributed by atoms with E-state index in [1.54, 1.807) is 25.6 Å². The SMILES string of the molecule is CC.COc1cc2nn(C3CCCCC3)cc2cc1NC=O.Cc1ncccn1. The van der Waals surface area contributed by atoms with Crippen LogP contribution in [0.4, 0.5) is 5.69 Å². The molecule has 1 amide bonds. The lowest BCUT2D eigenvalue weighted by Crippen LogP contribution is -2.12. The van der Waals surface area contributed by atoms with Crippen molar-refractivity contribution in [3.63, 3.8) is 0 Å². The molecular weight excluding hydrogens is 366 g/mol. The number of nitrogens with zero attached hydrogens (tertiary/aromatic N) is 4. The van der Waals surface area contributed by atoms with Crippen LogP contribution in [0.1, 0.15) is 57.8 Å². The maximum atomic E-state index is 10.6. The molecule has 29 heavy (non-hydrogen) atoms. The first kappa shape index (κ1) is 22.3. The van der Waals surface area contributed by atoms with Gasteiger partial charge in [-0.05, 0) is 31.9 Å². The van der Waals surface area contributed by atoms with Crippen LogP contribution in [0, 0.1) is 6.92 Å². The second-order valence-electron chi connectivity index (χ2n) is 6.57. The molecule has 156 valence electrons. The molecule has 7 nitrogen and oxygen atoms in total. The first-order chi connectivity index (χ1) is 14.2. The van der Waals surface area contributed by atoms with Crippen molar-refractivity contribution >= 4 is 23.0 Å². The second kappa shape index (κ2) is 11.8. The largest absolute Gasteiger partial charge is 0.494 e. The quantitative estimate of drug-likeness (QED) is 0.631. The molecule has 0 radical (unpaired) electrons. The molecule has 1 aliphatic rings. The van der Waals surface area contributed by atoms with E-state index in [-0.39, 0.29) is 0 Å². The van der Waals surface area contributed by atoms with Gasteiger partial charge in [0.25, 0.3) is 0 Å². The van der Waals surface area contributed by atoms with Crippen molar-refractivity contribution in [3.8, 4) is 5.75 Å². The molecular formula is C22H31N5O2. The number of fused-ring (bicyclic) bond motifs is 1. The third-order valence-electron chi connectivity index (χ3n) is 4.70. The number of aromatic nitrogens is 4. The van der Waals surface area contributed by atoms with Gasteiger partial charge in [-0.25, -0.2) is 9.97 Å². The van der Waals surface area contributed by atoms with Gasteiger partial charge in [-0.15, -0.1) is 0 Å². The van der Waals surface area contributed by atoms with Crippen LogP contribution in [0.5, 0.6) is 5.75 Å². The first-order valence-corrected chi connectivity index (χ1v) is 10.2. The van der Waals surface area contributed by atoms with Crippen molar-refractivity contribution in [3.05, 3.63) is 42.6 Å². The minimum absolute atomic E-state index is 0.504. The Kier molecular flexibility index (Phi) is 9.08. The standard InChI is InChI=1S/C15H19N3O2.C5H6N2.C2H6/c1-20-15-8-13-11(7-14(15)16-10-19)9-18(17-13)12-5-3-2-4-6-12;1-5-6-3-2-4-7-5;1-2/h7-10,12H,2-6H2,1H3,(H,16,19);2-4H,1H3;1-2H3. The number of ether oxygens (including phenoxy) is 1. The molecule has 0 atom stereocenters. The van der Waals surface area contributed by atoms with Gasteiger partial charge < -0.3 is 10.1 Å². The minimum atomic E-state index is 0.504. The van der Waals surface area contributed by atoms with Crippen LogP contribution >= 0.6 is 0 Å². The Morgan fingerprint density at radius 1 is 1.14 bits per heavy atom. The van der Waals surface area contributed by atoms with Crippen molar-refractivity contribution in [2.75, 3.05) is 12.4 Å². The maximum absolute atomic E-state index is 10.6. The number of hydrogen-bond acceptors (Lipinski definition) is 5. The monoisotopic (exact) mass is 397 g/mol. The third kappa shape index (κ3) is 6.27. The Labute approximate surface area is 172 Å². The smallest absolute Gasteiger partial charge is 0.211 e. The predicted molar refractivity (Wildman–Crippen MR) is 116 cm³/mol. The van der Waals surface area contributed by atoms with E-state index in [0.29, 0.717) is 23.9 Å². The molecule has 0 saturated heterocycles. The fraction of sp³-hybridized carbons (Fsp3) is 0.455. The fourth-order valence-corrected chi connectivity index (χ4v) is 3.32. The van der Waals surface area contributed by atoms with Crippen molar-refractivity contribution in [2.24, 2.45) is 0 Å². The molecule has 1 aliphatic carbocycles. The Morgan fingerprint density at radius 3 is 2.38 bits per heavy atom. The van der Waals surface area contributed by atoms with Gasteiger partial charge in [-0.3, -0.25) is 9.48 Å². The summed E-state index contributed by atoms with van der Waals surface area (Å²) in [6.07, 6.45) is 12.5. The van der Waals surface area contributed by atoms with Crippen LogP contribution in [0.25, 0.3) is 10.9 Å². The van der Waals surface area contributed by atoms with Crippen LogP contribution in [-0.2, 0) is 4.79 Å². The first-order valence-electron chi connectivity index (χ1n) is 10.2. The van der Waals surface area contributed by atoms with Crippen LogP contribution in [0.2, 0.25) is 0 Å². The number of carbonyl (C=O) groups is 1. The molecule has 1 saturated carbocycles. The highest BCUT2D eigenvalue weighted by Crippen LogP contribution is 2.32. The summed E-state index contributed by atoms with van der Waals surface area (Å²) in [5.74, 6) is 1.46. The zero-order chi connectivity index (χ0) is 21.1. The average molecular weight is 398 g/mol. The van der Waals surface area contributed by atoms with E-state index in [1.165, 1.54) is 32.1 Å². The van der Waals surface area contributed by atoms with Crippen molar-refractivity contribution in [1.29, 1.82) is 0 Å². The predicted octanol–water partition coefficient (Wildman–Crippen LogP) is 4.93. The van der Waals surface area contributed by atoms with Crippen molar-refractivity contribution in [2.45, 2.75) is 58.9 Å². The molecule has 0 unspecified atom stereocenters. The van der Waals surface area contributed by atoms with Gasteiger partial charge in [-0.1, -0.05) is 33.1 Å². The summed E-state index contributed by atoms with van der Waals surface area (Å²) in [7, 11) is 1.59. The van der Waals surface area contributed by atoms with E-state index in [2.05, 4.69) is 31.3 Å². The van der Waals surface area contributed by atoms with E-state index in [4.69, 9.17) is 4.74 Å². The van der Waals surface area contributed by atoms with Gasteiger partial charge in [0.15, 0.2) is 0 Å². The topological polar surface area (TPSA) is 81.9 Å². The molecule has 1 aromatic carbocycles. The molecule has 0 bridgehead atoms. The number of anilines is 1. The Morgan fingerprint density at radius 2 is 1.83 bits per heavy atom. The summed E-state index contributed by atoms with van der Waals surface area (Å²) in [6, 6.07) is 6.09. The Hall–Kier alpha value is -2.96. The van der Waals surface area contributed by atoms with Gasteiger partial charge in [0.1, 0.15) is 11.6 Å². The second-order valence-corrected chi connectivity index (χ2v) is 6.57. The summed E-state index contributed by atoms with van der Waals surface area (Å²) in [4.78, 5) is 18.4. The molecule has 2 aromatic heterocycles. The zero-order valence-electron chi connectivity index (χ0n) is 17.8. The van der Waals surface area contributed by atoms with Crippen LogP contribution in [0.3, 0.4) is 0 Å². The average Bonchev–Trinajstić information content (AvgIpc) is 3.19. The number of aryl methyl sites for hydroxylation is 1. The van der Waals surface area contributed by atoms with Crippen LogP contribution < -0.4 is 10.1 Å². The molecule has 1 N–H and O–H groups in total. The summed E-state index contributed by atoms with van der Waals surface area (Å²) in [5.41, 5.74) is 1.59. The van der Waals surface area contributed by atoms with E-state index in [1.807, 2.05) is 32.9 Å². The highest BCUT2D eigenvalue weighted by atomic mass is 16.5. The zero-order valence-corrected chi connectivity index (χ0v) is 17.8. The third-order valence-corrected chi connectivity index (χ3v) is 4.70. The number of rotatable bonds is 4. The molecule has 1 fully saturated rings. The lowest BCUT2D eigenvalue weighted by Gasteiger charge is -2.21. The van der Waals surface area contributed by atoms with Crippen LogP contribution in [0.15, 0.2) is 36.8 Å². The number of carbonyl (C=O) groups excluding carboxylic acids is 1. The summed E-state index contributed by atoms with van der Waals surface area (Å²) in [6.45, 7) is 5.86. The van der Waals surface area contributed by atoms with Gasteiger partial charge in [0.05, 0.1) is 24.4 Å². The Balaban J connectivity index is 0.000000280. The fourth-order valence-electron chi connectivity index (χ4n) is 3.32. The number of nitrogens with one attached hydrogen (secondary N) is 1. The number of amides is 1. The van der Waals surface area contributed by atoms with Gasteiger partial charge >= 0.3 is 0 Å². The highest BCUT2D eigenvalue weighted by molar-refractivity contribution is 5.88. The number of methoxy groups -OCH3 is 1. The van der Waals surface area contributed by atoms with Gasteiger partial charge in [0, 0.05) is 30.0 Å². The molecule has 7 heteroatoms. The minimum Gasteiger partial charge on any atom is -0.494 e. The summed E-state index contributed by atoms with van der Waals surface area (Å²) in [5, 5.41) is 8.36. The Bertz CT molecular complexity index is 874. The van der Waals surface area contributed by atoms with Crippen molar-refractivity contribution in [1.82, 2.24) is 19.7 Å². The van der Waals surface area contributed by atoms with E-state index >= 15 is 0 Å². The molecule has 0 aliphatic heterocycles. The van der Waals surface area contributed by atoms with Crippen LogP contribution in [-0.4, -0.2) is 33.3 Å². The van der Waals surface area contributed by atoms with Gasteiger partial charge in [0.2, 0.25) is 6.41 Å². The number of hydrogen-bond donors (Lipinski definition) is 1. The maximum Gasteiger partial charge on any atom is 0.211 e. The lowest BCUT2D eigenvalue weighted by atomic mass is 9.96. The summed E-state index contributed by atoms with van der Waals surface area (Å²) >= 11 is 0. The van der Waals surface area contributed by atoms with E-state index in [0.717, 1.165) is 16.7 Å². The molecule has 4 rings (SSSR count). The molecule has 2 heterocycles.